The van der Waals surface area contributed by atoms with Gasteiger partial charge in [-0.05, 0) is 65.9 Å². The van der Waals surface area contributed by atoms with Gasteiger partial charge in [-0.1, -0.05) is 89.5 Å². The van der Waals surface area contributed by atoms with E-state index in [0.717, 1.165) is 32.4 Å². The lowest BCUT2D eigenvalue weighted by atomic mass is 9.91. The first-order valence-electron chi connectivity index (χ1n) is 11.6. The van der Waals surface area contributed by atoms with E-state index in [9.17, 15) is 14.4 Å². The summed E-state index contributed by atoms with van der Waals surface area (Å²) >= 11 is 6.27. The van der Waals surface area contributed by atoms with E-state index in [1.807, 2.05) is 36.4 Å². The summed E-state index contributed by atoms with van der Waals surface area (Å²) < 4.78 is 0. The molecule has 0 spiro atoms. The van der Waals surface area contributed by atoms with Crippen molar-refractivity contribution in [3.63, 3.8) is 0 Å². The Balaban J connectivity index is 1.66. The first kappa shape index (κ1) is 23.5. The van der Waals surface area contributed by atoms with Gasteiger partial charge in [0.2, 0.25) is 0 Å². The zero-order valence-electron chi connectivity index (χ0n) is 19.8. The highest BCUT2D eigenvalue weighted by Crippen LogP contribution is 2.31. The standard InChI is InChI=1S/C30H23ClN2O3/c1-18-13-19(2)15-20(14-18)16-22-12-11-21-7-3-4-8-23(21)24(22)17-25-28(34)32-30(36)33(29(25)35)27-10-6-5-9-26(27)31/h3-15,17H,16H2,1-2H3,(H,32,34,36)/b25-17+. The molecule has 4 amide bonds. The number of carbonyl (C=O) groups is 3. The number of imide groups is 2. The average Bonchev–Trinajstić information content (AvgIpc) is 2.83. The Kier molecular flexibility index (Phi) is 6.17. The fourth-order valence-corrected chi connectivity index (χ4v) is 4.93. The molecule has 6 heteroatoms. The number of nitrogens with one attached hydrogen (secondary N) is 1. The van der Waals surface area contributed by atoms with Gasteiger partial charge in [0, 0.05) is 0 Å². The first-order chi connectivity index (χ1) is 17.3. The van der Waals surface area contributed by atoms with E-state index in [1.54, 1.807) is 30.3 Å². The van der Waals surface area contributed by atoms with Gasteiger partial charge in [-0.2, -0.15) is 0 Å². The Morgan fingerprint density at radius 1 is 0.861 bits per heavy atom. The van der Waals surface area contributed by atoms with Gasteiger partial charge < -0.3 is 0 Å². The Labute approximate surface area is 214 Å². The molecule has 0 radical (unpaired) electrons. The second kappa shape index (κ2) is 9.44. The van der Waals surface area contributed by atoms with Crippen LogP contribution in [0, 0.1) is 13.8 Å². The van der Waals surface area contributed by atoms with Crippen LogP contribution in [0.5, 0.6) is 0 Å². The molecule has 0 atom stereocenters. The SMILES string of the molecule is Cc1cc(C)cc(Cc2ccc3ccccc3c2/C=C2\C(=O)NC(=O)N(c3ccccc3Cl)C2=O)c1. The highest BCUT2D eigenvalue weighted by molar-refractivity contribution is 6.42. The van der Waals surface area contributed by atoms with Gasteiger partial charge in [-0.3, -0.25) is 14.9 Å². The molecule has 1 saturated heterocycles. The van der Waals surface area contributed by atoms with Gasteiger partial charge in [-0.25, -0.2) is 9.69 Å². The summed E-state index contributed by atoms with van der Waals surface area (Å²) in [4.78, 5) is 40.0. The summed E-state index contributed by atoms with van der Waals surface area (Å²) in [5.41, 5.74) is 5.28. The molecule has 0 saturated carbocycles. The summed E-state index contributed by atoms with van der Waals surface area (Å²) in [6, 6.07) is 24.0. The van der Waals surface area contributed by atoms with Crippen LogP contribution in [0.2, 0.25) is 5.02 Å². The molecule has 1 aliphatic rings. The number of anilines is 1. The van der Waals surface area contributed by atoms with Crippen LogP contribution in [0.3, 0.4) is 0 Å². The van der Waals surface area contributed by atoms with E-state index in [1.165, 1.54) is 11.1 Å². The summed E-state index contributed by atoms with van der Waals surface area (Å²) in [5.74, 6) is -1.46. The molecule has 1 fully saturated rings. The Bertz CT molecular complexity index is 1570. The number of para-hydroxylation sites is 1. The maximum Gasteiger partial charge on any atom is 0.335 e. The summed E-state index contributed by atoms with van der Waals surface area (Å²) in [7, 11) is 0. The zero-order chi connectivity index (χ0) is 25.4. The number of aryl methyl sites for hydroxylation is 2. The fourth-order valence-electron chi connectivity index (χ4n) is 4.71. The number of urea groups is 1. The molecule has 5 nitrogen and oxygen atoms in total. The van der Waals surface area contributed by atoms with Gasteiger partial charge in [0.15, 0.2) is 0 Å². The van der Waals surface area contributed by atoms with Gasteiger partial charge in [-0.15, -0.1) is 0 Å². The molecule has 178 valence electrons. The van der Waals surface area contributed by atoms with Crippen LogP contribution in [-0.4, -0.2) is 17.8 Å². The average molecular weight is 495 g/mol. The molecule has 1 aliphatic heterocycles. The molecular weight excluding hydrogens is 472 g/mol. The first-order valence-corrected chi connectivity index (χ1v) is 11.9. The number of fused-ring (bicyclic) bond motifs is 1. The number of barbiturate groups is 1. The van der Waals surface area contributed by atoms with E-state index in [2.05, 4.69) is 37.4 Å². The number of hydrogen-bond acceptors (Lipinski definition) is 3. The van der Waals surface area contributed by atoms with Crippen LogP contribution in [0.25, 0.3) is 16.8 Å². The summed E-state index contributed by atoms with van der Waals surface area (Å²) in [6.45, 7) is 4.12. The maximum absolute atomic E-state index is 13.5. The van der Waals surface area contributed by atoms with Crippen LogP contribution in [0.4, 0.5) is 10.5 Å². The van der Waals surface area contributed by atoms with Crippen LogP contribution in [-0.2, 0) is 16.0 Å². The van der Waals surface area contributed by atoms with Crippen molar-refractivity contribution in [1.82, 2.24) is 5.32 Å². The van der Waals surface area contributed by atoms with E-state index in [0.29, 0.717) is 6.42 Å². The van der Waals surface area contributed by atoms with Crippen molar-refractivity contribution >= 4 is 52.0 Å². The summed E-state index contributed by atoms with van der Waals surface area (Å²) in [6.07, 6.45) is 2.21. The molecule has 36 heavy (non-hydrogen) atoms. The number of nitrogens with zero attached hydrogens (tertiary/aromatic N) is 1. The smallest absolute Gasteiger partial charge is 0.273 e. The van der Waals surface area contributed by atoms with Crippen molar-refractivity contribution in [2.24, 2.45) is 0 Å². The second-order valence-corrected chi connectivity index (χ2v) is 9.35. The minimum atomic E-state index is -0.830. The molecular formula is C30H23ClN2O3. The highest BCUT2D eigenvalue weighted by Gasteiger charge is 2.37. The lowest BCUT2D eigenvalue weighted by Gasteiger charge is -2.27. The highest BCUT2D eigenvalue weighted by atomic mass is 35.5. The van der Waals surface area contributed by atoms with Crippen LogP contribution in [0.1, 0.15) is 27.8 Å². The monoisotopic (exact) mass is 494 g/mol. The number of hydrogen-bond donors (Lipinski definition) is 1. The lowest BCUT2D eigenvalue weighted by Crippen LogP contribution is -2.54. The largest absolute Gasteiger partial charge is 0.335 e. The molecule has 0 aliphatic carbocycles. The van der Waals surface area contributed by atoms with Crippen molar-refractivity contribution in [2.75, 3.05) is 4.90 Å². The zero-order valence-corrected chi connectivity index (χ0v) is 20.6. The van der Waals surface area contributed by atoms with Crippen LogP contribution >= 0.6 is 11.6 Å². The van der Waals surface area contributed by atoms with Gasteiger partial charge >= 0.3 is 6.03 Å². The molecule has 0 aromatic heterocycles. The van der Waals surface area contributed by atoms with Gasteiger partial charge in [0.05, 0.1) is 10.7 Å². The van der Waals surface area contributed by atoms with Crippen LogP contribution in [0.15, 0.2) is 84.4 Å². The van der Waals surface area contributed by atoms with Crippen molar-refractivity contribution in [3.05, 3.63) is 117 Å². The van der Waals surface area contributed by atoms with Gasteiger partial charge in [0.25, 0.3) is 11.8 Å². The summed E-state index contributed by atoms with van der Waals surface area (Å²) in [5, 5.41) is 4.41. The quantitative estimate of drug-likeness (QED) is 0.265. The maximum atomic E-state index is 13.5. The Hall–Kier alpha value is -4.22. The van der Waals surface area contributed by atoms with Crippen molar-refractivity contribution in [3.8, 4) is 0 Å². The Morgan fingerprint density at radius 3 is 2.31 bits per heavy atom. The topological polar surface area (TPSA) is 66.5 Å². The predicted octanol–water partition coefficient (Wildman–Crippen LogP) is 6.37. The van der Waals surface area contributed by atoms with Crippen molar-refractivity contribution < 1.29 is 14.4 Å². The van der Waals surface area contributed by atoms with Crippen LogP contribution < -0.4 is 10.2 Å². The molecule has 1 N–H and O–H groups in total. The number of halogens is 1. The molecule has 4 aromatic rings. The normalized spacial score (nSPS) is 15.0. The number of amides is 4. The van der Waals surface area contributed by atoms with E-state index in [4.69, 9.17) is 11.6 Å². The second-order valence-electron chi connectivity index (χ2n) is 8.94. The lowest BCUT2D eigenvalue weighted by molar-refractivity contribution is -0.122. The number of carbonyl (C=O) groups excluding carboxylic acids is 3. The Morgan fingerprint density at radius 2 is 1.56 bits per heavy atom. The van der Waals surface area contributed by atoms with Crippen molar-refractivity contribution in [2.45, 2.75) is 20.3 Å². The molecule has 5 rings (SSSR count). The van der Waals surface area contributed by atoms with E-state index < -0.39 is 17.8 Å². The minimum Gasteiger partial charge on any atom is -0.273 e. The third kappa shape index (κ3) is 4.41. The number of benzene rings is 4. The molecule has 0 bridgehead atoms. The molecule has 0 unspecified atom stereocenters. The third-order valence-corrected chi connectivity index (χ3v) is 6.54. The third-order valence-electron chi connectivity index (χ3n) is 6.22. The number of rotatable bonds is 4. The van der Waals surface area contributed by atoms with E-state index in [-0.39, 0.29) is 16.3 Å². The molecule has 4 aromatic carbocycles. The predicted molar refractivity (Wildman–Crippen MR) is 143 cm³/mol. The van der Waals surface area contributed by atoms with E-state index >= 15 is 0 Å². The minimum absolute atomic E-state index is 0.132. The van der Waals surface area contributed by atoms with Gasteiger partial charge in [0.1, 0.15) is 5.57 Å². The van der Waals surface area contributed by atoms with Crippen molar-refractivity contribution in [1.29, 1.82) is 0 Å². The molecule has 1 heterocycles. The fraction of sp³-hybridized carbons (Fsp3) is 0.100.